The predicted octanol–water partition coefficient (Wildman–Crippen LogP) is 3.37. The maximum atomic E-state index is 11.8. The standard InChI is InChI=1S/C16H17NO3/c1-11(18)15-10-14(20-3)8-9-16(15)17(2)12-4-6-13(19)7-5-12/h4-10,19H,1-3H3. The van der Waals surface area contributed by atoms with Crippen LogP contribution in [0.2, 0.25) is 0 Å². The lowest BCUT2D eigenvalue weighted by Gasteiger charge is -2.22. The number of hydrogen-bond acceptors (Lipinski definition) is 4. The molecule has 0 atom stereocenters. The molecule has 2 aromatic carbocycles. The van der Waals surface area contributed by atoms with Crippen LogP contribution < -0.4 is 9.64 Å². The molecular formula is C16H17NO3. The Morgan fingerprint density at radius 2 is 1.80 bits per heavy atom. The monoisotopic (exact) mass is 271 g/mol. The van der Waals surface area contributed by atoms with E-state index in [1.54, 1.807) is 37.4 Å². The minimum atomic E-state index is -0.0236. The minimum Gasteiger partial charge on any atom is -0.508 e. The van der Waals surface area contributed by atoms with E-state index < -0.39 is 0 Å². The number of hydrogen-bond donors (Lipinski definition) is 1. The first kappa shape index (κ1) is 13.9. The summed E-state index contributed by atoms with van der Waals surface area (Å²) >= 11 is 0. The number of aromatic hydroxyl groups is 1. The Labute approximate surface area is 118 Å². The van der Waals surface area contributed by atoms with Gasteiger partial charge in [0.1, 0.15) is 11.5 Å². The van der Waals surface area contributed by atoms with Gasteiger partial charge in [0.05, 0.1) is 12.8 Å². The molecule has 20 heavy (non-hydrogen) atoms. The lowest BCUT2D eigenvalue weighted by molar-refractivity contribution is 0.101. The molecule has 0 unspecified atom stereocenters. The summed E-state index contributed by atoms with van der Waals surface area (Å²) in [6.07, 6.45) is 0. The lowest BCUT2D eigenvalue weighted by Crippen LogP contribution is -2.13. The molecule has 0 saturated heterocycles. The van der Waals surface area contributed by atoms with Gasteiger partial charge >= 0.3 is 0 Å². The first-order valence-corrected chi connectivity index (χ1v) is 6.24. The molecule has 2 aromatic rings. The third-order valence-corrected chi connectivity index (χ3v) is 3.18. The Balaban J connectivity index is 2.45. The zero-order chi connectivity index (χ0) is 14.7. The number of anilines is 2. The van der Waals surface area contributed by atoms with Crippen LogP contribution in [0.15, 0.2) is 42.5 Å². The minimum absolute atomic E-state index is 0.0236. The second kappa shape index (κ2) is 5.65. The van der Waals surface area contributed by atoms with Crippen molar-refractivity contribution in [3.8, 4) is 11.5 Å². The SMILES string of the molecule is COc1ccc(N(C)c2ccc(O)cc2)c(C(C)=O)c1. The number of benzene rings is 2. The molecule has 0 bridgehead atoms. The first-order chi connectivity index (χ1) is 9.52. The van der Waals surface area contributed by atoms with Crippen molar-refractivity contribution in [1.82, 2.24) is 0 Å². The molecule has 104 valence electrons. The molecule has 0 saturated carbocycles. The van der Waals surface area contributed by atoms with Crippen molar-refractivity contribution in [2.45, 2.75) is 6.92 Å². The van der Waals surface area contributed by atoms with Crippen LogP contribution >= 0.6 is 0 Å². The van der Waals surface area contributed by atoms with E-state index in [1.807, 2.05) is 24.1 Å². The van der Waals surface area contributed by atoms with Crippen LogP contribution in [-0.2, 0) is 0 Å². The number of rotatable bonds is 4. The molecule has 0 aliphatic heterocycles. The molecule has 0 aliphatic rings. The quantitative estimate of drug-likeness (QED) is 0.866. The average molecular weight is 271 g/mol. The number of methoxy groups -OCH3 is 1. The van der Waals surface area contributed by atoms with E-state index in [1.165, 1.54) is 6.92 Å². The summed E-state index contributed by atoms with van der Waals surface area (Å²) in [7, 11) is 3.45. The number of ether oxygens (including phenoxy) is 1. The molecule has 0 heterocycles. The van der Waals surface area contributed by atoms with Crippen molar-refractivity contribution in [1.29, 1.82) is 0 Å². The Morgan fingerprint density at radius 3 is 2.35 bits per heavy atom. The normalized spacial score (nSPS) is 10.2. The molecule has 0 amide bonds. The largest absolute Gasteiger partial charge is 0.508 e. The Kier molecular flexibility index (Phi) is 3.94. The fraction of sp³-hybridized carbons (Fsp3) is 0.188. The van der Waals surface area contributed by atoms with Gasteiger partial charge in [0.15, 0.2) is 5.78 Å². The van der Waals surface area contributed by atoms with Crippen LogP contribution in [0.3, 0.4) is 0 Å². The molecule has 0 radical (unpaired) electrons. The predicted molar refractivity (Wildman–Crippen MR) is 79.2 cm³/mol. The van der Waals surface area contributed by atoms with E-state index in [2.05, 4.69) is 0 Å². The van der Waals surface area contributed by atoms with Crippen LogP contribution in [0, 0.1) is 0 Å². The summed E-state index contributed by atoms with van der Waals surface area (Å²) < 4.78 is 5.16. The molecule has 0 aliphatic carbocycles. The Morgan fingerprint density at radius 1 is 1.15 bits per heavy atom. The number of carbonyl (C=O) groups excluding carboxylic acids is 1. The number of carbonyl (C=O) groups is 1. The van der Waals surface area contributed by atoms with E-state index in [4.69, 9.17) is 4.74 Å². The molecule has 1 N–H and O–H groups in total. The van der Waals surface area contributed by atoms with Crippen molar-refractivity contribution in [2.24, 2.45) is 0 Å². The van der Waals surface area contributed by atoms with E-state index in [9.17, 15) is 9.90 Å². The fourth-order valence-electron chi connectivity index (χ4n) is 2.03. The third kappa shape index (κ3) is 2.74. The molecule has 0 spiro atoms. The van der Waals surface area contributed by atoms with E-state index in [0.29, 0.717) is 11.3 Å². The van der Waals surface area contributed by atoms with Gasteiger partial charge in [-0.2, -0.15) is 0 Å². The number of Topliss-reactive ketones (excluding diaryl/α,β-unsaturated/α-hetero) is 1. The maximum absolute atomic E-state index is 11.8. The molecule has 4 nitrogen and oxygen atoms in total. The van der Waals surface area contributed by atoms with Crippen LogP contribution in [0.1, 0.15) is 17.3 Å². The highest BCUT2D eigenvalue weighted by atomic mass is 16.5. The summed E-state index contributed by atoms with van der Waals surface area (Å²) in [6.45, 7) is 1.53. The van der Waals surface area contributed by atoms with E-state index in [0.717, 1.165) is 11.4 Å². The Hall–Kier alpha value is -2.49. The van der Waals surface area contributed by atoms with Crippen LogP contribution in [0.5, 0.6) is 11.5 Å². The molecule has 0 aromatic heterocycles. The fourth-order valence-corrected chi connectivity index (χ4v) is 2.03. The lowest BCUT2D eigenvalue weighted by atomic mass is 10.1. The second-order valence-electron chi connectivity index (χ2n) is 4.51. The van der Waals surface area contributed by atoms with E-state index in [-0.39, 0.29) is 11.5 Å². The maximum Gasteiger partial charge on any atom is 0.162 e. The molecule has 0 fully saturated rings. The molecular weight excluding hydrogens is 254 g/mol. The van der Waals surface area contributed by atoms with Gasteiger partial charge in [-0.25, -0.2) is 0 Å². The third-order valence-electron chi connectivity index (χ3n) is 3.18. The Bertz CT molecular complexity index is 620. The number of ketones is 1. The summed E-state index contributed by atoms with van der Waals surface area (Å²) in [5, 5.41) is 9.33. The number of phenolic OH excluding ortho intramolecular Hbond substituents is 1. The van der Waals surface area contributed by atoms with Crippen molar-refractivity contribution < 1.29 is 14.6 Å². The van der Waals surface area contributed by atoms with Gasteiger partial charge in [-0.05, 0) is 49.4 Å². The van der Waals surface area contributed by atoms with Gasteiger partial charge in [-0.1, -0.05) is 0 Å². The van der Waals surface area contributed by atoms with Gasteiger partial charge in [0.25, 0.3) is 0 Å². The molecule has 2 rings (SSSR count). The molecule has 4 heteroatoms. The number of nitrogens with zero attached hydrogens (tertiary/aromatic N) is 1. The summed E-state index contributed by atoms with van der Waals surface area (Å²) in [5.74, 6) is 0.839. The summed E-state index contributed by atoms with van der Waals surface area (Å²) in [5.41, 5.74) is 2.28. The van der Waals surface area contributed by atoms with Crippen molar-refractivity contribution >= 4 is 17.2 Å². The van der Waals surface area contributed by atoms with Crippen molar-refractivity contribution in [3.63, 3.8) is 0 Å². The van der Waals surface area contributed by atoms with Gasteiger partial charge in [-0.15, -0.1) is 0 Å². The topological polar surface area (TPSA) is 49.8 Å². The van der Waals surface area contributed by atoms with Gasteiger partial charge < -0.3 is 14.7 Å². The summed E-state index contributed by atoms with van der Waals surface area (Å²) in [6, 6.07) is 12.2. The smallest absolute Gasteiger partial charge is 0.162 e. The van der Waals surface area contributed by atoms with Crippen LogP contribution in [0.25, 0.3) is 0 Å². The van der Waals surface area contributed by atoms with E-state index >= 15 is 0 Å². The van der Waals surface area contributed by atoms with Crippen molar-refractivity contribution in [2.75, 3.05) is 19.1 Å². The highest BCUT2D eigenvalue weighted by Crippen LogP contribution is 2.31. The highest BCUT2D eigenvalue weighted by molar-refractivity contribution is 6.01. The van der Waals surface area contributed by atoms with Gasteiger partial charge in [0, 0.05) is 18.3 Å². The number of phenols is 1. The van der Waals surface area contributed by atoms with Gasteiger partial charge in [-0.3, -0.25) is 4.79 Å². The zero-order valence-corrected chi connectivity index (χ0v) is 11.8. The average Bonchev–Trinajstić information content (AvgIpc) is 2.46. The second-order valence-corrected chi connectivity index (χ2v) is 4.51. The van der Waals surface area contributed by atoms with Gasteiger partial charge in [0.2, 0.25) is 0 Å². The van der Waals surface area contributed by atoms with Crippen LogP contribution in [-0.4, -0.2) is 25.0 Å². The summed E-state index contributed by atoms with van der Waals surface area (Å²) in [4.78, 5) is 13.7. The van der Waals surface area contributed by atoms with Crippen LogP contribution in [0.4, 0.5) is 11.4 Å². The highest BCUT2D eigenvalue weighted by Gasteiger charge is 2.13. The first-order valence-electron chi connectivity index (χ1n) is 6.24. The van der Waals surface area contributed by atoms with Crippen molar-refractivity contribution in [3.05, 3.63) is 48.0 Å². The zero-order valence-electron chi connectivity index (χ0n) is 11.8.